The number of nitrogens with zero attached hydrogens (tertiary/aromatic N) is 1. The molecule has 0 radical (unpaired) electrons. The fraction of sp³-hybridized carbons (Fsp3) is 0.478. The van der Waals surface area contributed by atoms with E-state index in [-0.39, 0.29) is 6.10 Å². The Labute approximate surface area is 173 Å². The quantitative estimate of drug-likeness (QED) is 0.763. The predicted molar refractivity (Wildman–Crippen MR) is 113 cm³/mol. The average Bonchev–Trinajstić information content (AvgIpc) is 2.69. The van der Waals surface area contributed by atoms with Crippen molar-refractivity contribution >= 4 is 11.6 Å². The van der Waals surface area contributed by atoms with Crippen LogP contribution in [0.2, 0.25) is 5.02 Å². The van der Waals surface area contributed by atoms with Gasteiger partial charge in [-0.25, -0.2) is 0 Å². The highest BCUT2D eigenvalue weighted by atomic mass is 35.5. The van der Waals surface area contributed by atoms with E-state index in [4.69, 9.17) is 21.1 Å². The number of likely N-dealkylation sites (N-methyl/N-ethyl adjacent to an activating group) is 1. The smallest absolute Gasteiger partial charge is 0.125 e. The molecule has 2 aromatic carbocycles. The number of ether oxygens (including phenoxy) is 2. The van der Waals surface area contributed by atoms with Gasteiger partial charge in [-0.05, 0) is 64.0 Å². The van der Waals surface area contributed by atoms with Crippen molar-refractivity contribution in [3.8, 4) is 5.75 Å². The van der Waals surface area contributed by atoms with Crippen LogP contribution in [-0.4, -0.2) is 42.9 Å². The number of benzene rings is 2. The van der Waals surface area contributed by atoms with Crippen LogP contribution in [0, 0.1) is 0 Å². The molecule has 1 aliphatic rings. The van der Waals surface area contributed by atoms with Gasteiger partial charge in [-0.2, -0.15) is 0 Å². The second-order valence-corrected chi connectivity index (χ2v) is 8.47. The first-order valence-corrected chi connectivity index (χ1v) is 10.1. The van der Waals surface area contributed by atoms with Crippen molar-refractivity contribution in [2.75, 3.05) is 21.2 Å². The molecule has 0 aromatic heterocycles. The van der Waals surface area contributed by atoms with Crippen molar-refractivity contribution in [3.63, 3.8) is 0 Å². The summed E-state index contributed by atoms with van der Waals surface area (Å²) in [5.74, 6) is 0.656. The van der Waals surface area contributed by atoms with Crippen molar-refractivity contribution in [3.05, 3.63) is 64.7 Å². The van der Waals surface area contributed by atoms with Gasteiger partial charge in [-0.1, -0.05) is 41.9 Å². The van der Waals surface area contributed by atoms with Gasteiger partial charge < -0.3 is 19.5 Å². The molecule has 2 aromatic rings. The van der Waals surface area contributed by atoms with Crippen LogP contribution >= 0.6 is 11.6 Å². The summed E-state index contributed by atoms with van der Waals surface area (Å²) in [5.41, 5.74) is 0.260. The summed E-state index contributed by atoms with van der Waals surface area (Å²) in [6, 6.07) is 15.6. The van der Waals surface area contributed by atoms with Crippen molar-refractivity contribution in [2.24, 2.45) is 0 Å². The number of methoxy groups -OCH3 is 1. The molecule has 28 heavy (non-hydrogen) atoms. The molecule has 152 valence electrons. The second-order valence-electron chi connectivity index (χ2n) is 8.03. The molecule has 5 heteroatoms. The highest BCUT2D eigenvalue weighted by molar-refractivity contribution is 6.30. The summed E-state index contributed by atoms with van der Waals surface area (Å²) < 4.78 is 11.8. The molecule has 0 amide bonds. The Morgan fingerprint density at radius 2 is 1.89 bits per heavy atom. The number of aliphatic hydroxyl groups is 1. The van der Waals surface area contributed by atoms with Gasteiger partial charge in [0.25, 0.3) is 0 Å². The lowest BCUT2D eigenvalue weighted by Gasteiger charge is -2.54. The molecule has 0 heterocycles. The van der Waals surface area contributed by atoms with Crippen LogP contribution < -0.4 is 4.74 Å². The zero-order chi connectivity index (χ0) is 20.4. The van der Waals surface area contributed by atoms with Crippen LogP contribution in [0.15, 0.2) is 48.5 Å². The lowest BCUT2D eigenvalue weighted by Crippen LogP contribution is -2.62. The maximum absolute atomic E-state index is 11.9. The largest absolute Gasteiger partial charge is 0.496 e. The summed E-state index contributed by atoms with van der Waals surface area (Å²) in [4.78, 5) is 2.09. The zero-order valence-electron chi connectivity index (χ0n) is 17.1. The molecule has 3 rings (SSSR count). The van der Waals surface area contributed by atoms with E-state index < -0.39 is 11.1 Å². The van der Waals surface area contributed by atoms with E-state index in [0.29, 0.717) is 30.2 Å². The molecule has 0 aliphatic heterocycles. The van der Waals surface area contributed by atoms with Crippen LogP contribution in [0.4, 0.5) is 0 Å². The highest BCUT2D eigenvalue weighted by Gasteiger charge is 2.55. The third-order valence-electron chi connectivity index (χ3n) is 6.27. The normalized spacial score (nSPS) is 27.8. The Hall–Kier alpha value is -1.59. The number of hydrogen-bond acceptors (Lipinski definition) is 4. The van der Waals surface area contributed by atoms with E-state index >= 15 is 0 Å². The van der Waals surface area contributed by atoms with Gasteiger partial charge in [-0.3, -0.25) is 0 Å². The van der Waals surface area contributed by atoms with E-state index in [9.17, 15) is 5.11 Å². The second kappa shape index (κ2) is 8.42. The van der Waals surface area contributed by atoms with Gasteiger partial charge in [0.15, 0.2) is 0 Å². The maximum atomic E-state index is 11.9. The van der Waals surface area contributed by atoms with Gasteiger partial charge >= 0.3 is 0 Å². The average molecular weight is 404 g/mol. The van der Waals surface area contributed by atoms with E-state index in [1.54, 1.807) is 13.2 Å². The Kier molecular flexibility index (Phi) is 6.35. The molecule has 0 spiro atoms. The monoisotopic (exact) mass is 403 g/mol. The van der Waals surface area contributed by atoms with E-state index in [1.807, 2.05) is 44.4 Å². The fourth-order valence-electron chi connectivity index (χ4n) is 4.26. The van der Waals surface area contributed by atoms with Crippen molar-refractivity contribution in [2.45, 2.75) is 50.0 Å². The van der Waals surface area contributed by atoms with E-state index in [2.05, 4.69) is 24.0 Å². The predicted octanol–water partition coefficient (Wildman–Crippen LogP) is 4.63. The van der Waals surface area contributed by atoms with Gasteiger partial charge in [0.2, 0.25) is 0 Å². The highest BCUT2D eigenvalue weighted by Crippen LogP contribution is 2.50. The Bertz CT molecular complexity index is 798. The SMILES string of the molecule is COc1ccc(Cl)cc1C1(O)CCC(OCc2ccccc2)CC1(C)N(C)C. The number of rotatable bonds is 6. The third kappa shape index (κ3) is 3.92. The first-order valence-electron chi connectivity index (χ1n) is 9.69. The first-order chi connectivity index (χ1) is 13.3. The standard InChI is InChI=1S/C23H30ClNO3/c1-22(25(2)3)15-19(28-16-17-8-6-5-7-9-17)12-13-23(22,26)20-14-18(24)10-11-21(20)27-4/h5-11,14,19,26H,12-13,15-16H2,1-4H3. The van der Waals surface area contributed by atoms with E-state index in [0.717, 1.165) is 17.5 Å². The maximum Gasteiger partial charge on any atom is 0.125 e. The molecule has 1 saturated carbocycles. The van der Waals surface area contributed by atoms with Gasteiger partial charge in [0, 0.05) is 10.6 Å². The molecular weight excluding hydrogens is 374 g/mol. The molecule has 4 nitrogen and oxygen atoms in total. The summed E-state index contributed by atoms with van der Waals surface area (Å²) in [7, 11) is 5.63. The molecular formula is C23H30ClNO3. The van der Waals surface area contributed by atoms with Crippen molar-refractivity contribution < 1.29 is 14.6 Å². The summed E-state index contributed by atoms with van der Waals surface area (Å²) >= 11 is 6.27. The third-order valence-corrected chi connectivity index (χ3v) is 6.50. The topological polar surface area (TPSA) is 41.9 Å². The number of hydrogen-bond donors (Lipinski definition) is 1. The van der Waals surface area contributed by atoms with Crippen LogP contribution in [0.25, 0.3) is 0 Å². The molecule has 1 N–H and O–H groups in total. The Balaban J connectivity index is 1.87. The lowest BCUT2D eigenvalue weighted by molar-refractivity contribution is -0.160. The van der Waals surface area contributed by atoms with E-state index in [1.165, 1.54) is 0 Å². The summed E-state index contributed by atoms with van der Waals surface area (Å²) in [5, 5.41) is 12.5. The summed E-state index contributed by atoms with van der Waals surface area (Å²) in [6.45, 7) is 2.67. The Morgan fingerprint density at radius 3 is 2.54 bits per heavy atom. The Morgan fingerprint density at radius 1 is 1.18 bits per heavy atom. The van der Waals surface area contributed by atoms with Crippen molar-refractivity contribution in [1.82, 2.24) is 4.90 Å². The minimum atomic E-state index is -1.10. The lowest BCUT2D eigenvalue weighted by atomic mass is 9.65. The summed E-state index contributed by atoms with van der Waals surface area (Å²) in [6.07, 6.45) is 2.11. The molecule has 0 bridgehead atoms. The molecule has 0 saturated heterocycles. The minimum absolute atomic E-state index is 0.0676. The van der Waals surface area contributed by atoms with Crippen LogP contribution in [0.5, 0.6) is 5.75 Å². The van der Waals surface area contributed by atoms with Gasteiger partial charge in [0.05, 0.1) is 25.4 Å². The van der Waals surface area contributed by atoms with Crippen LogP contribution in [-0.2, 0) is 16.9 Å². The molecule has 3 unspecified atom stereocenters. The van der Waals surface area contributed by atoms with Gasteiger partial charge in [0.1, 0.15) is 11.4 Å². The molecule has 1 fully saturated rings. The van der Waals surface area contributed by atoms with Gasteiger partial charge in [-0.15, -0.1) is 0 Å². The van der Waals surface area contributed by atoms with Crippen LogP contribution in [0.1, 0.15) is 37.3 Å². The fourth-order valence-corrected chi connectivity index (χ4v) is 4.44. The molecule has 1 aliphatic carbocycles. The first kappa shape index (κ1) is 21.1. The minimum Gasteiger partial charge on any atom is -0.496 e. The van der Waals surface area contributed by atoms with Crippen LogP contribution in [0.3, 0.4) is 0 Å². The zero-order valence-corrected chi connectivity index (χ0v) is 17.9. The molecule has 3 atom stereocenters. The number of halogens is 1. The van der Waals surface area contributed by atoms with Crippen molar-refractivity contribution in [1.29, 1.82) is 0 Å².